The topological polar surface area (TPSA) is 49.0 Å². The van der Waals surface area contributed by atoms with Crippen molar-refractivity contribution in [3.05, 3.63) is 54.5 Å². The summed E-state index contributed by atoms with van der Waals surface area (Å²) in [6.45, 7) is -0.179. The van der Waals surface area contributed by atoms with Gasteiger partial charge in [-0.3, -0.25) is 0 Å². The van der Waals surface area contributed by atoms with E-state index in [1.807, 2.05) is 30.3 Å². The molecule has 16 heavy (non-hydrogen) atoms. The second-order valence-corrected chi connectivity index (χ2v) is 3.14. The molecule has 0 bridgehead atoms. The van der Waals surface area contributed by atoms with Crippen LogP contribution in [0.25, 0.3) is 0 Å². The average molecular weight is 216 g/mol. The molecular weight excluding hydrogens is 204 g/mol. The van der Waals surface area contributed by atoms with E-state index in [0.717, 1.165) is 5.69 Å². The molecule has 1 heterocycles. The van der Waals surface area contributed by atoms with Gasteiger partial charge in [-0.2, -0.15) is 5.10 Å². The fraction of sp³-hybridized carbons (Fsp3) is 0.0833. The molecule has 1 N–H and O–H groups in total. The monoisotopic (exact) mass is 216 g/mol. The molecule has 2 rings (SSSR count). The van der Waals surface area contributed by atoms with Crippen LogP contribution in [0.5, 0.6) is 0 Å². The van der Waals surface area contributed by atoms with Gasteiger partial charge >= 0.3 is 0 Å². The normalized spacial score (nSPS) is 10.8. The predicted molar refractivity (Wildman–Crippen MR) is 62.3 cm³/mol. The molecule has 82 valence electrons. The Kier molecular flexibility index (Phi) is 3.35. The Morgan fingerprint density at radius 2 is 2.00 bits per heavy atom. The fourth-order valence-corrected chi connectivity index (χ4v) is 1.28. The van der Waals surface area contributed by atoms with Crippen molar-refractivity contribution in [1.29, 1.82) is 0 Å². The number of aliphatic hydroxyl groups is 1. The molecule has 0 fully saturated rings. The molecule has 2 aromatic rings. The van der Waals surface area contributed by atoms with Crippen molar-refractivity contribution < 1.29 is 9.52 Å². The van der Waals surface area contributed by atoms with E-state index in [9.17, 15) is 5.11 Å². The molecule has 4 nitrogen and oxygen atoms in total. The molecule has 0 aliphatic carbocycles. The lowest BCUT2D eigenvalue weighted by molar-refractivity contribution is 0.293. The molecule has 0 spiro atoms. The Balaban J connectivity index is 2.12. The highest BCUT2D eigenvalue weighted by Gasteiger charge is 2.00. The second-order valence-electron chi connectivity index (χ2n) is 3.14. The van der Waals surface area contributed by atoms with Gasteiger partial charge in [-0.05, 0) is 24.3 Å². The lowest BCUT2D eigenvalue weighted by atomic mass is 10.3. The van der Waals surface area contributed by atoms with Crippen molar-refractivity contribution in [2.45, 2.75) is 0 Å². The van der Waals surface area contributed by atoms with Crippen molar-refractivity contribution >= 4 is 11.9 Å². The van der Waals surface area contributed by atoms with Crippen molar-refractivity contribution in [3.8, 4) is 0 Å². The van der Waals surface area contributed by atoms with Gasteiger partial charge in [-0.15, -0.1) is 0 Å². The van der Waals surface area contributed by atoms with Crippen LogP contribution in [-0.2, 0) is 0 Å². The van der Waals surface area contributed by atoms with Gasteiger partial charge in [0.2, 0.25) is 0 Å². The lowest BCUT2D eigenvalue weighted by Crippen LogP contribution is -2.17. The number of aliphatic hydroxyl groups excluding tert-OH is 1. The number of anilines is 1. The van der Waals surface area contributed by atoms with Crippen LogP contribution in [0.1, 0.15) is 5.76 Å². The van der Waals surface area contributed by atoms with Gasteiger partial charge in [0.15, 0.2) is 0 Å². The summed E-state index contributed by atoms with van der Waals surface area (Å²) < 4.78 is 5.11. The summed E-state index contributed by atoms with van der Waals surface area (Å²) in [5.74, 6) is 0.648. The first kappa shape index (κ1) is 10.4. The fourth-order valence-electron chi connectivity index (χ4n) is 1.28. The van der Waals surface area contributed by atoms with Crippen molar-refractivity contribution in [1.82, 2.24) is 0 Å². The van der Waals surface area contributed by atoms with Gasteiger partial charge in [-0.1, -0.05) is 18.2 Å². The van der Waals surface area contributed by atoms with Gasteiger partial charge < -0.3 is 9.52 Å². The summed E-state index contributed by atoms with van der Waals surface area (Å²) in [6.07, 6.45) is 3.14. The summed E-state index contributed by atoms with van der Waals surface area (Å²) in [5.41, 5.74) is 0.827. The predicted octanol–water partition coefficient (Wildman–Crippen LogP) is 2.07. The Morgan fingerprint density at radius 3 is 2.62 bits per heavy atom. The molecule has 0 aliphatic heterocycles. The van der Waals surface area contributed by atoms with Crippen molar-refractivity contribution in [3.63, 3.8) is 0 Å². The van der Waals surface area contributed by atoms with E-state index in [0.29, 0.717) is 5.76 Å². The third-order valence-corrected chi connectivity index (χ3v) is 2.06. The number of hydrogen-bond donors (Lipinski definition) is 1. The molecule has 0 amide bonds. The summed E-state index contributed by atoms with van der Waals surface area (Å²) in [7, 11) is 0. The van der Waals surface area contributed by atoms with Gasteiger partial charge in [0.05, 0.1) is 18.2 Å². The van der Waals surface area contributed by atoms with E-state index in [1.54, 1.807) is 24.6 Å². The summed E-state index contributed by atoms with van der Waals surface area (Å²) in [6, 6.07) is 13.0. The molecule has 0 radical (unpaired) electrons. The number of para-hydroxylation sites is 1. The SMILES string of the molecule is OCN(N=Cc1ccco1)c1ccccc1. The second kappa shape index (κ2) is 5.14. The number of benzene rings is 1. The minimum atomic E-state index is -0.179. The third kappa shape index (κ3) is 2.49. The van der Waals surface area contributed by atoms with Gasteiger partial charge in [0.1, 0.15) is 12.5 Å². The summed E-state index contributed by atoms with van der Waals surface area (Å²) in [4.78, 5) is 0. The molecule has 0 saturated heterocycles. The molecule has 4 heteroatoms. The van der Waals surface area contributed by atoms with Crippen molar-refractivity contribution in [2.24, 2.45) is 5.10 Å². The van der Waals surface area contributed by atoms with Crippen LogP contribution >= 0.6 is 0 Å². The zero-order valence-corrected chi connectivity index (χ0v) is 8.65. The molecule has 1 aromatic heterocycles. The standard InChI is InChI=1S/C12H12N2O2/c15-10-14(11-5-2-1-3-6-11)13-9-12-7-4-8-16-12/h1-9,15H,10H2. The van der Waals surface area contributed by atoms with Gasteiger partial charge in [0, 0.05) is 0 Å². The van der Waals surface area contributed by atoms with E-state index in [2.05, 4.69) is 5.10 Å². The Labute approximate surface area is 93.4 Å². The van der Waals surface area contributed by atoms with Gasteiger partial charge in [0.25, 0.3) is 0 Å². The third-order valence-electron chi connectivity index (χ3n) is 2.06. The number of furan rings is 1. The molecule has 0 saturated carbocycles. The highest BCUT2D eigenvalue weighted by atomic mass is 16.3. The highest BCUT2D eigenvalue weighted by Crippen LogP contribution is 2.12. The maximum atomic E-state index is 9.19. The Morgan fingerprint density at radius 1 is 1.19 bits per heavy atom. The molecular formula is C12H12N2O2. The maximum Gasteiger partial charge on any atom is 0.146 e. The van der Waals surface area contributed by atoms with Crippen LogP contribution in [0, 0.1) is 0 Å². The summed E-state index contributed by atoms with van der Waals surface area (Å²) in [5, 5.41) is 14.8. The van der Waals surface area contributed by atoms with Crippen LogP contribution in [0.15, 0.2) is 58.2 Å². The minimum absolute atomic E-state index is 0.179. The number of nitrogens with zero attached hydrogens (tertiary/aromatic N) is 2. The first-order valence-electron chi connectivity index (χ1n) is 4.91. The molecule has 0 atom stereocenters. The zero-order valence-electron chi connectivity index (χ0n) is 8.65. The minimum Gasteiger partial charge on any atom is -0.463 e. The maximum absolute atomic E-state index is 9.19. The lowest BCUT2D eigenvalue weighted by Gasteiger charge is -2.14. The van der Waals surface area contributed by atoms with Crippen LogP contribution < -0.4 is 5.01 Å². The van der Waals surface area contributed by atoms with E-state index in [-0.39, 0.29) is 6.73 Å². The first-order chi connectivity index (χ1) is 7.90. The van der Waals surface area contributed by atoms with Crippen LogP contribution in [0.4, 0.5) is 5.69 Å². The average Bonchev–Trinajstić information content (AvgIpc) is 2.84. The Hall–Kier alpha value is -2.07. The number of hydrazone groups is 1. The highest BCUT2D eigenvalue weighted by molar-refractivity contribution is 5.76. The van der Waals surface area contributed by atoms with E-state index in [4.69, 9.17) is 4.42 Å². The Bertz CT molecular complexity index is 437. The summed E-state index contributed by atoms with van der Waals surface area (Å²) >= 11 is 0. The smallest absolute Gasteiger partial charge is 0.146 e. The first-order valence-corrected chi connectivity index (χ1v) is 4.91. The molecule has 0 unspecified atom stereocenters. The van der Waals surface area contributed by atoms with Crippen LogP contribution in [0.2, 0.25) is 0 Å². The van der Waals surface area contributed by atoms with E-state index >= 15 is 0 Å². The number of rotatable bonds is 4. The van der Waals surface area contributed by atoms with E-state index < -0.39 is 0 Å². The van der Waals surface area contributed by atoms with Gasteiger partial charge in [-0.25, -0.2) is 5.01 Å². The van der Waals surface area contributed by atoms with Crippen LogP contribution in [-0.4, -0.2) is 18.1 Å². The zero-order chi connectivity index (χ0) is 11.2. The van der Waals surface area contributed by atoms with Crippen molar-refractivity contribution in [2.75, 3.05) is 11.7 Å². The number of hydrogen-bond acceptors (Lipinski definition) is 4. The largest absolute Gasteiger partial charge is 0.463 e. The molecule has 1 aromatic carbocycles. The van der Waals surface area contributed by atoms with Crippen LogP contribution in [0.3, 0.4) is 0 Å². The van der Waals surface area contributed by atoms with E-state index in [1.165, 1.54) is 5.01 Å². The molecule has 0 aliphatic rings. The quantitative estimate of drug-likeness (QED) is 0.483.